The average Bonchev–Trinajstić information content (AvgIpc) is 3.35. The van der Waals surface area contributed by atoms with Crippen molar-refractivity contribution in [3.63, 3.8) is 0 Å². The molecule has 2 aromatic heterocycles. The summed E-state index contributed by atoms with van der Waals surface area (Å²) in [6, 6.07) is 8.07. The van der Waals surface area contributed by atoms with E-state index >= 15 is 0 Å². The highest BCUT2D eigenvalue weighted by molar-refractivity contribution is 7.90. The summed E-state index contributed by atoms with van der Waals surface area (Å²) in [5.74, 6) is 0.708. The Bertz CT molecular complexity index is 1350. The maximum atomic E-state index is 13.3. The number of aromatic nitrogens is 4. The summed E-state index contributed by atoms with van der Waals surface area (Å²) < 4.78 is 27.5. The number of aryl methyl sites for hydroxylation is 1. The van der Waals surface area contributed by atoms with Crippen molar-refractivity contribution < 1.29 is 8.42 Å². The van der Waals surface area contributed by atoms with Crippen molar-refractivity contribution in [2.45, 2.75) is 44.3 Å². The Morgan fingerprint density at radius 1 is 1.13 bits per heavy atom. The first-order valence-corrected chi connectivity index (χ1v) is 12.5. The highest BCUT2D eigenvalue weighted by Crippen LogP contribution is 2.52. The predicted octanol–water partition coefficient (Wildman–Crippen LogP) is 2.27. The van der Waals surface area contributed by atoms with Crippen molar-refractivity contribution >= 4 is 26.9 Å². The monoisotopic (exact) mass is 441 g/mol. The van der Waals surface area contributed by atoms with Gasteiger partial charge in [0.2, 0.25) is 20.9 Å². The molecular formula is C22H27N5O3S. The first kappa shape index (κ1) is 20.2. The Hall–Kier alpha value is -2.68. The lowest BCUT2D eigenvalue weighted by Gasteiger charge is -2.34. The summed E-state index contributed by atoms with van der Waals surface area (Å²) in [5.41, 5.74) is 2.75. The zero-order valence-corrected chi connectivity index (χ0v) is 18.9. The zero-order chi connectivity index (χ0) is 22.0. The molecule has 3 aromatic rings. The SMILES string of the molecule is Cc1ccccc1Cn1c(N2CCCC3(CC3)C2)nc2nc(S(C)(=O)=O)n(C)c(=O)c21. The molecular weight excluding hydrogens is 414 g/mol. The zero-order valence-electron chi connectivity index (χ0n) is 18.1. The average molecular weight is 442 g/mol. The largest absolute Gasteiger partial charge is 0.342 e. The summed E-state index contributed by atoms with van der Waals surface area (Å²) in [6.45, 7) is 4.32. The molecule has 1 aliphatic heterocycles. The Morgan fingerprint density at radius 2 is 1.87 bits per heavy atom. The summed E-state index contributed by atoms with van der Waals surface area (Å²) in [5, 5.41) is -0.255. The van der Waals surface area contributed by atoms with E-state index in [-0.39, 0.29) is 10.8 Å². The van der Waals surface area contributed by atoms with Crippen LogP contribution in [0.4, 0.5) is 5.95 Å². The summed E-state index contributed by atoms with van der Waals surface area (Å²) in [7, 11) is -2.21. The Labute approximate surface area is 181 Å². The van der Waals surface area contributed by atoms with Crippen LogP contribution in [-0.2, 0) is 23.4 Å². The van der Waals surface area contributed by atoms with Gasteiger partial charge in [0.25, 0.3) is 5.56 Å². The molecule has 0 radical (unpaired) electrons. The number of hydrogen-bond acceptors (Lipinski definition) is 6. The number of fused-ring (bicyclic) bond motifs is 1. The molecule has 0 amide bonds. The van der Waals surface area contributed by atoms with Gasteiger partial charge in [0.15, 0.2) is 11.2 Å². The first-order chi connectivity index (χ1) is 14.7. The molecule has 1 aliphatic carbocycles. The molecule has 0 N–H and O–H groups in total. The number of rotatable bonds is 4. The van der Waals surface area contributed by atoms with Crippen LogP contribution >= 0.6 is 0 Å². The normalized spacial score (nSPS) is 18.1. The number of sulfone groups is 1. The number of piperidine rings is 1. The molecule has 0 atom stereocenters. The van der Waals surface area contributed by atoms with Gasteiger partial charge in [0, 0.05) is 26.4 Å². The van der Waals surface area contributed by atoms with Gasteiger partial charge < -0.3 is 4.90 Å². The van der Waals surface area contributed by atoms with Gasteiger partial charge >= 0.3 is 0 Å². The maximum absolute atomic E-state index is 13.3. The van der Waals surface area contributed by atoms with Crippen LogP contribution in [0.15, 0.2) is 34.2 Å². The molecule has 5 rings (SSSR count). The topological polar surface area (TPSA) is 90.1 Å². The second-order valence-electron chi connectivity index (χ2n) is 9.15. The molecule has 2 fully saturated rings. The number of anilines is 1. The lowest BCUT2D eigenvalue weighted by atomic mass is 9.95. The lowest BCUT2D eigenvalue weighted by molar-refractivity contribution is 0.389. The van der Waals surface area contributed by atoms with Gasteiger partial charge in [0.05, 0.1) is 6.54 Å². The standard InChI is InChI=1S/C22H27N5O3S/c1-15-7-4-5-8-16(15)13-27-17-18(24-21(31(3,29)30)25(2)19(17)28)23-20(27)26-12-6-9-22(14-26)10-11-22/h4-5,7-8H,6,9-14H2,1-3H3. The van der Waals surface area contributed by atoms with Gasteiger partial charge in [-0.25, -0.2) is 8.42 Å². The molecule has 1 saturated heterocycles. The van der Waals surface area contributed by atoms with Crippen LogP contribution in [0.2, 0.25) is 0 Å². The molecule has 0 unspecified atom stereocenters. The minimum absolute atomic E-state index is 0.197. The van der Waals surface area contributed by atoms with Crippen molar-refractivity contribution in [3.8, 4) is 0 Å². The maximum Gasteiger partial charge on any atom is 0.280 e. The van der Waals surface area contributed by atoms with Crippen molar-refractivity contribution in [1.29, 1.82) is 0 Å². The van der Waals surface area contributed by atoms with Gasteiger partial charge in [-0.05, 0) is 49.1 Å². The quantitative estimate of drug-likeness (QED) is 0.577. The van der Waals surface area contributed by atoms with Gasteiger partial charge in [-0.2, -0.15) is 9.97 Å². The minimum Gasteiger partial charge on any atom is -0.342 e. The summed E-state index contributed by atoms with van der Waals surface area (Å²) >= 11 is 0. The van der Waals surface area contributed by atoms with Crippen LogP contribution in [0, 0.1) is 12.3 Å². The van der Waals surface area contributed by atoms with Crippen molar-refractivity contribution in [2.75, 3.05) is 24.2 Å². The first-order valence-electron chi connectivity index (χ1n) is 10.7. The number of imidazole rings is 1. The second kappa shape index (κ2) is 6.91. The van der Waals surface area contributed by atoms with E-state index in [1.807, 2.05) is 35.8 Å². The van der Waals surface area contributed by atoms with Crippen molar-refractivity contribution in [3.05, 3.63) is 45.7 Å². The van der Waals surface area contributed by atoms with Crippen LogP contribution in [-0.4, -0.2) is 46.9 Å². The molecule has 3 heterocycles. The fourth-order valence-corrected chi connectivity index (χ4v) is 5.61. The van der Waals surface area contributed by atoms with Crippen LogP contribution < -0.4 is 10.5 Å². The summed E-state index contributed by atoms with van der Waals surface area (Å²) in [6.07, 6.45) is 5.86. The summed E-state index contributed by atoms with van der Waals surface area (Å²) in [4.78, 5) is 24.6. The van der Waals surface area contributed by atoms with Crippen LogP contribution in [0.25, 0.3) is 11.2 Å². The molecule has 9 heteroatoms. The third-order valence-electron chi connectivity index (χ3n) is 6.75. The van der Waals surface area contributed by atoms with E-state index in [9.17, 15) is 13.2 Å². The second-order valence-corrected chi connectivity index (χ2v) is 11.1. The van der Waals surface area contributed by atoms with E-state index in [4.69, 9.17) is 4.98 Å². The number of benzene rings is 1. The predicted molar refractivity (Wildman–Crippen MR) is 119 cm³/mol. The van der Waals surface area contributed by atoms with E-state index in [1.165, 1.54) is 26.3 Å². The number of hydrogen-bond donors (Lipinski definition) is 0. The third kappa shape index (κ3) is 3.44. The van der Waals surface area contributed by atoms with Gasteiger partial charge in [0.1, 0.15) is 0 Å². The Kier molecular flexibility index (Phi) is 4.51. The Morgan fingerprint density at radius 3 is 2.55 bits per heavy atom. The van der Waals surface area contributed by atoms with E-state index in [2.05, 4.69) is 9.88 Å². The Balaban J connectivity index is 1.73. The smallest absolute Gasteiger partial charge is 0.280 e. The molecule has 164 valence electrons. The van der Waals surface area contributed by atoms with Gasteiger partial charge in [-0.15, -0.1) is 0 Å². The fourth-order valence-electron chi connectivity index (χ4n) is 4.77. The van der Waals surface area contributed by atoms with Crippen molar-refractivity contribution in [2.24, 2.45) is 12.5 Å². The van der Waals surface area contributed by atoms with E-state index in [0.29, 0.717) is 23.4 Å². The highest BCUT2D eigenvalue weighted by atomic mass is 32.2. The number of nitrogens with zero attached hydrogens (tertiary/aromatic N) is 5. The molecule has 1 saturated carbocycles. The van der Waals surface area contributed by atoms with Crippen LogP contribution in [0.5, 0.6) is 0 Å². The van der Waals surface area contributed by atoms with Crippen molar-refractivity contribution in [1.82, 2.24) is 19.1 Å². The van der Waals surface area contributed by atoms with E-state index < -0.39 is 15.4 Å². The molecule has 8 nitrogen and oxygen atoms in total. The molecule has 1 aromatic carbocycles. The van der Waals surface area contributed by atoms with Gasteiger partial charge in [-0.3, -0.25) is 13.9 Å². The molecule has 1 spiro atoms. The minimum atomic E-state index is -3.66. The fraction of sp³-hybridized carbons (Fsp3) is 0.500. The highest BCUT2D eigenvalue weighted by Gasteiger charge is 2.46. The van der Waals surface area contributed by atoms with E-state index in [1.54, 1.807) is 0 Å². The molecule has 0 bridgehead atoms. The van der Waals surface area contributed by atoms with Gasteiger partial charge in [-0.1, -0.05) is 24.3 Å². The third-order valence-corrected chi connectivity index (χ3v) is 7.78. The van der Waals surface area contributed by atoms with Crippen LogP contribution in [0.1, 0.15) is 36.8 Å². The molecule has 31 heavy (non-hydrogen) atoms. The lowest BCUT2D eigenvalue weighted by Crippen LogP contribution is -2.38. The molecule has 2 aliphatic rings. The van der Waals surface area contributed by atoms with E-state index in [0.717, 1.165) is 41.5 Å². The van der Waals surface area contributed by atoms with Crippen LogP contribution in [0.3, 0.4) is 0 Å².